The van der Waals surface area contributed by atoms with Gasteiger partial charge in [-0.05, 0) is 54.0 Å². The Kier molecular flexibility index (Phi) is 7.81. The Morgan fingerprint density at radius 1 is 0.889 bits per heavy atom. The number of ketones is 2. The average Bonchev–Trinajstić information content (AvgIpc) is 3.42. The van der Waals surface area contributed by atoms with Crippen molar-refractivity contribution in [2.24, 2.45) is 17.9 Å². The summed E-state index contributed by atoms with van der Waals surface area (Å²) in [5, 5.41) is 12.2. The van der Waals surface area contributed by atoms with Crippen LogP contribution in [-0.2, 0) is 36.1 Å². The van der Waals surface area contributed by atoms with Crippen LogP contribution in [0.3, 0.4) is 0 Å². The molecule has 1 saturated carbocycles. The molecule has 1 fully saturated rings. The van der Waals surface area contributed by atoms with Crippen molar-refractivity contribution in [3.05, 3.63) is 114 Å². The topological polar surface area (TPSA) is 157 Å². The number of phenolic OH excluding ortho intramolecular Hbond substituents is 1. The number of hydrogen-bond donors (Lipinski definition) is 1. The van der Waals surface area contributed by atoms with Crippen molar-refractivity contribution in [2.75, 3.05) is 14.2 Å². The predicted octanol–water partition coefficient (Wildman–Crippen LogP) is 4.35. The molecule has 2 aromatic heterocycles. The molecular formula is C41H41N5O8. The van der Waals surface area contributed by atoms with E-state index in [4.69, 9.17) is 9.47 Å². The van der Waals surface area contributed by atoms with Gasteiger partial charge in [-0.2, -0.15) is 0 Å². The van der Waals surface area contributed by atoms with Crippen molar-refractivity contribution < 1.29 is 24.2 Å². The maximum absolute atomic E-state index is 14.6. The van der Waals surface area contributed by atoms with Crippen LogP contribution >= 0.6 is 0 Å². The van der Waals surface area contributed by atoms with E-state index in [0.29, 0.717) is 39.1 Å². The van der Waals surface area contributed by atoms with Crippen LogP contribution in [0.5, 0.6) is 17.2 Å². The highest BCUT2D eigenvalue weighted by molar-refractivity contribution is 6.17. The summed E-state index contributed by atoms with van der Waals surface area (Å²) in [6.45, 7) is 6.97. The third-order valence-corrected chi connectivity index (χ3v) is 12.7. The van der Waals surface area contributed by atoms with Gasteiger partial charge in [0.2, 0.25) is 0 Å². The Morgan fingerprint density at radius 2 is 1.56 bits per heavy atom. The van der Waals surface area contributed by atoms with E-state index >= 15 is 0 Å². The minimum atomic E-state index is -1.26. The number of aromatic hydroxyl groups is 1. The van der Waals surface area contributed by atoms with Gasteiger partial charge in [-0.1, -0.05) is 50.3 Å². The average molecular weight is 732 g/mol. The molecule has 3 heterocycles. The highest BCUT2D eigenvalue weighted by Crippen LogP contribution is 2.66. The van der Waals surface area contributed by atoms with E-state index in [-0.39, 0.29) is 54.5 Å². The van der Waals surface area contributed by atoms with E-state index in [1.165, 1.54) is 28.2 Å². The van der Waals surface area contributed by atoms with Gasteiger partial charge in [0.15, 0.2) is 23.1 Å². The highest BCUT2D eigenvalue weighted by atomic mass is 16.5. The van der Waals surface area contributed by atoms with Crippen molar-refractivity contribution >= 4 is 33.4 Å². The quantitative estimate of drug-likeness (QED) is 0.251. The number of carbonyl (C=O) groups is 2. The van der Waals surface area contributed by atoms with Crippen LogP contribution in [0.1, 0.15) is 57.3 Å². The van der Waals surface area contributed by atoms with Gasteiger partial charge in [-0.25, -0.2) is 28.5 Å². The predicted molar refractivity (Wildman–Crippen MR) is 201 cm³/mol. The van der Waals surface area contributed by atoms with E-state index in [2.05, 4.69) is 4.98 Å². The second-order valence-corrected chi connectivity index (χ2v) is 15.0. The number of benzene rings is 3. The highest BCUT2D eigenvalue weighted by Gasteiger charge is 2.67. The number of carbonyl (C=O) groups excluding carboxylic acids is 2. The number of fused-ring (bicyclic) bond motifs is 6. The first-order chi connectivity index (χ1) is 25.7. The number of rotatable bonds is 6. The Morgan fingerprint density at radius 3 is 2.26 bits per heavy atom. The van der Waals surface area contributed by atoms with Crippen molar-refractivity contribution in [1.29, 1.82) is 0 Å². The maximum Gasteiger partial charge on any atom is 0.347 e. The third kappa shape index (κ3) is 4.50. The Balaban J connectivity index is 1.26. The van der Waals surface area contributed by atoms with Crippen molar-refractivity contribution in [2.45, 2.75) is 65.6 Å². The van der Waals surface area contributed by atoms with Gasteiger partial charge >= 0.3 is 11.4 Å². The number of allylic oxidation sites excluding steroid dienone is 4. The fourth-order valence-electron chi connectivity index (χ4n) is 9.43. The number of phenols is 1. The molecule has 3 aliphatic rings. The summed E-state index contributed by atoms with van der Waals surface area (Å²) in [5.41, 5.74) is -0.540. The standard InChI is InChI=1S/C41H41N5O8/c1-21-22(2)36(49)41(4)34(25-12-13-31(47)24-11-9-8-10-23(24)25)26-14-17-45-38(51)44(39(52)46(45)30(26)20-40(41,3)35(21)48)16-15-27-37(50)43(5)29-19-33(54-7)32(53-6)18-28(29)42-27/h8-14,18-19,30,34,47H,15-17,20H2,1-7H3/t30-,34+,40+,41-/m1/s1. The number of ether oxygens (including phenoxy) is 2. The molecule has 0 amide bonds. The molecule has 4 atom stereocenters. The normalized spacial score (nSPS) is 23.6. The van der Waals surface area contributed by atoms with Crippen LogP contribution in [0.2, 0.25) is 0 Å². The van der Waals surface area contributed by atoms with E-state index in [1.807, 2.05) is 37.3 Å². The fraction of sp³-hybridized carbons (Fsp3) is 0.366. The van der Waals surface area contributed by atoms with E-state index in [9.17, 15) is 29.1 Å². The van der Waals surface area contributed by atoms with Crippen molar-refractivity contribution in [3.63, 3.8) is 0 Å². The lowest BCUT2D eigenvalue weighted by Gasteiger charge is -2.58. The summed E-state index contributed by atoms with van der Waals surface area (Å²) in [6.07, 6.45) is 2.02. The number of Topliss-reactive ketones (excluding diaryl/α,β-unsaturated/α-hetero) is 2. The Labute approximate surface area is 309 Å². The molecule has 3 aromatic carbocycles. The molecule has 0 bridgehead atoms. The number of nitrogens with zero attached hydrogens (tertiary/aromatic N) is 5. The SMILES string of the molecule is COc1cc2nc(CCn3c(=O)n4n(c3=O)[C@@H]3C[C@@]5(C)C(=O)C(C)=C(C)C(=O)[C@@]5(C)[C@@H](c5ccc(O)c6ccccc56)C3=CC4)c(=O)n(C)c2cc1OC. The molecule has 13 nitrogen and oxygen atoms in total. The maximum atomic E-state index is 14.6. The van der Waals surface area contributed by atoms with Gasteiger partial charge in [0.1, 0.15) is 11.4 Å². The van der Waals surface area contributed by atoms with E-state index in [0.717, 1.165) is 21.1 Å². The molecule has 13 heteroatoms. The van der Waals surface area contributed by atoms with Gasteiger partial charge < -0.3 is 19.1 Å². The van der Waals surface area contributed by atoms with Crippen molar-refractivity contribution in [1.82, 2.24) is 23.5 Å². The molecule has 0 spiro atoms. The summed E-state index contributed by atoms with van der Waals surface area (Å²) >= 11 is 0. The second-order valence-electron chi connectivity index (χ2n) is 15.0. The lowest BCUT2D eigenvalue weighted by atomic mass is 9.43. The number of hydrogen-bond acceptors (Lipinski definition) is 9. The molecule has 278 valence electrons. The summed E-state index contributed by atoms with van der Waals surface area (Å²) in [4.78, 5) is 75.7. The second kappa shape index (κ2) is 12.0. The van der Waals surface area contributed by atoms with Gasteiger partial charge in [0.25, 0.3) is 5.56 Å². The van der Waals surface area contributed by atoms with Gasteiger partial charge in [-0.15, -0.1) is 0 Å². The van der Waals surface area contributed by atoms with E-state index < -0.39 is 34.2 Å². The summed E-state index contributed by atoms with van der Waals surface area (Å²) in [7, 11) is 4.63. The molecule has 1 aliphatic heterocycles. The molecule has 8 rings (SSSR count). The van der Waals surface area contributed by atoms with Gasteiger partial charge in [0, 0.05) is 48.9 Å². The summed E-state index contributed by atoms with van der Waals surface area (Å²) in [6, 6.07) is 13.4. The fourth-order valence-corrected chi connectivity index (χ4v) is 9.43. The Bertz CT molecular complexity index is 2750. The molecule has 5 aromatic rings. The Hall–Kier alpha value is -5.98. The lowest BCUT2D eigenvalue weighted by Crippen LogP contribution is -2.61. The van der Waals surface area contributed by atoms with Crippen LogP contribution in [0.15, 0.2) is 85.7 Å². The number of aryl methyl sites for hydroxylation is 2. The molecule has 0 radical (unpaired) electrons. The lowest BCUT2D eigenvalue weighted by molar-refractivity contribution is -0.150. The van der Waals surface area contributed by atoms with Crippen molar-refractivity contribution in [3.8, 4) is 17.2 Å². The molecule has 0 unspecified atom stereocenters. The monoisotopic (exact) mass is 731 g/mol. The summed E-state index contributed by atoms with van der Waals surface area (Å²) < 4.78 is 16.2. The summed E-state index contributed by atoms with van der Waals surface area (Å²) in [5.74, 6) is -0.0203. The van der Waals surface area contributed by atoms with Crippen LogP contribution in [0.25, 0.3) is 21.8 Å². The minimum absolute atomic E-state index is 0.00473. The van der Waals surface area contributed by atoms with Gasteiger partial charge in [0.05, 0.1) is 43.3 Å². The van der Waals surface area contributed by atoms with Crippen LogP contribution in [-0.4, -0.2) is 54.4 Å². The molecule has 1 N–H and O–H groups in total. The zero-order valence-electron chi connectivity index (χ0n) is 31.2. The third-order valence-electron chi connectivity index (χ3n) is 12.7. The van der Waals surface area contributed by atoms with E-state index in [1.54, 1.807) is 52.1 Å². The largest absolute Gasteiger partial charge is 0.507 e. The zero-order valence-corrected chi connectivity index (χ0v) is 31.2. The first-order valence-corrected chi connectivity index (χ1v) is 17.9. The number of aromatic nitrogens is 5. The molecule has 2 aliphatic carbocycles. The number of methoxy groups -OCH3 is 2. The zero-order chi connectivity index (χ0) is 38.6. The van der Waals surface area contributed by atoms with Crippen LogP contribution in [0, 0.1) is 10.8 Å². The van der Waals surface area contributed by atoms with Crippen LogP contribution < -0.4 is 26.4 Å². The molecule has 54 heavy (non-hydrogen) atoms. The minimum Gasteiger partial charge on any atom is -0.507 e. The molecular weight excluding hydrogens is 690 g/mol. The molecule has 0 saturated heterocycles. The van der Waals surface area contributed by atoms with Crippen LogP contribution in [0.4, 0.5) is 0 Å². The smallest absolute Gasteiger partial charge is 0.347 e. The van der Waals surface area contributed by atoms with Gasteiger partial charge in [-0.3, -0.25) is 14.4 Å². The first-order valence-electron chi connectivity index (χ1n) is 17.9. The first kappa shape index (κ1) is 35.1.